The highest BCUT2D eigenvalue weighted by molar-refractivity contribution is 5.92. The van der Waals surface area contributed by atoms with Gasteiger partial charge in [-0.15, -0.1) is 0 Å². The van der Waals surface area contributed by atoms with Gasteiger partial charge in [-0.05, 0) is 82.2 Å². The molecule has 0 aliphatic carbocycles. The number of carbonyl (C=O) groups excluding carboxylic acids is 1. The van der Waals surface area contributed by atoms with Crippen molar-refractivity contribution in [3.8, 4) is 11.5 Å². The van der Waals surface area contributed by atoms with E-state index in [4.69, 9.17) is 9.47 Å². The SMILES string of the molecule is C/C(NCCCN(C)C)=C(\C=C\C(=O)N1CCN(CCc2ccc3c(c2)OCO3)CC1)c1ccccc1C. The molecule has 38 heavy (non-hydrogen) atoms. The van der Waals surface area contributed by atoms with Crippen LogP contribution in [0.1, 0.15) is 30.0 Å². The van der Waals surface area contributed by atoms with Gasteiger partial charge < -0.3 is 24.6 Å². The minimum Gasteiger partial charge on any atom is -0.454 e. The number of nitrogens with zero attached hydrogens (tertiary/aromatic N) is 3. The van der Waals surface area contributed by atoms with Crippen LogP contribution < -0.4 is 14.8 Å². The predicted molar refractivity (Wildman–Crippen MR) is 153 cm³/mol. The molecule has 2 aromatic rings. The summed E-state index contributed by atoms with van der Waals surface area (Å²) in [4.78, 5) is 19.7. The van der Waals surface area contributed by atoms with Crippen molar-refractivity contribution in [1.82, 2.24) is 20.0 Å². The first-order chi connectivity index (χ1) is 18.4. The summed E-state index contributed by atoms with van der Waals surface area (Å²) >= 11 is 0. The molecule has 0 spiro atoms. The average Bonchev–Trinajstić information content (AvgIpc) is 3.39. The lowest BCUT2D eigenvalue weighted by atomic mass is 9.98. The van der Waals surface area contributed by atoms with Gasteiger partial charge in [0.1, 0.15) is 0 Å². The van der Waals surface area contributed by atoms with Crippen molar-refractivity contribution in [2.24, 2.45) is 0 Å². The Labute approximate surface area is 227 Å². The van der Waals surface area contributed by atoms with Crippen molar-refractivity contribution in [2.75, 3.05) is 66.7 Å². The van der Waals surface area contributed by atoms with Gasteiger partial charge in [-0.25, -0.2) is 0 Å². The first-order valence-corrected chi connectivity index (χ1v) is 13.6. The third-order valence-electron chi connectivity index (χ3n) is 7.24. The Morgan fingerprint density at radius 1 is 1.03 bits per heavy atom. The molecule has 0 radical (unpaired) electrons. The van der Waals surface area contributed by atoms with Gasteiger partial charge in [-0.3, -0.25) is 9.69 Å². The number of piperazine rings is 1. The number of benzene rings is 2. The largest absolute Gasteiger partial charge is 0.454 e. The molecule has 2 aliphatic rings. The molecule has 1 saturated heterocycles. The molecule has 1 amide bonds. The number of fused-ring (bicyclic) bond motifs is 1. The molecular formula is C31H42N4O3. The molecule has 4 rings (SSSR count). The maximum atomic E-state index is 13.1. The summed E-state index contributed by atoms with van der Waals surface area (Å²) in [5.41, 5.74) is 5.77. The van der Waals surface area contributed by atoms with Crippen LogP contribution in [0.15, 0.2) is 60.3 Å². The van der Waals surface area contributed by atoms with E-state index in [-0.39, 0.29) is 5.91 Å². The Morgan fingerprint density at radius 3 is 2.55 bits per heavy atom. The maximum absolute atomic E-state index is 13.1. The molecule has 0 unspecified atom stereocenters. The van der Waals surface area contributed by atoms with Gasteiger partial charge in [-0.1, -0.05) is 30.3 Å². The Bertz CT molecular complexity index is 1150. The van der Waals surface area contributed by atoms with Crippen molar-refractivity contribution in [3.63, 3.8) is 0 Å². The molecule has 1 N–H and O–H groups in total. The number of amides is 1. The van der Waals surface area contributed by atoms with E-state index in [9.17, 15) is 4.79 Å². The smallest absolute Gasteiger partial charge is 0.246 e. The number of hydrogen-bond donors (Lipinski definition) is 1. The quantitative estimate of drug-likeness (QED) is 0.276. The third kappa shape index (κ3) is 7.62. The third-order valence-corrected chi connectivity index (χ3v) is 7.24. The molecule has 0 bridgehead atoms. The Morgan fingerprint density at radius 2 is 1.79 bits per heavy atom. The number of hydrogen-bond acceptors (Lipinski definition) is 6. The molecule has 0 aromatic heterocycles. The summed E-state index contributed by atoms with van der Waals surface area (Å²) in [7, 11) is 4.18. The zero-order chi connectivity index (χ0) is 26.9. The minimum atomic E-state index is 0.0758. The van der Waals surface area contributed by atoms with Crippen LogP contribution in [-0.2, 0) is 11.2 Å². The van der Waals surface area contributed by atoms with E-state index in [1.54, 1.807) is 6.08 Å². The minimum absolute atomic E-state index is 0.0758. The second kappa shape index (κ2) is 13.5. The van der Waals surface area contributed by atoms with E-state index >= 15 is 0 Å². The van der Waals surface area contributed by atoms with Gasteiger partial charge in [0.25, 0.3) is 0 Å². The fraction of sp³-hybridized carbons (Fsp3) is 0.452. The standard InChI is InChI=1S/C31H42N4O3/c1-24-8-5-6-9-27(24)28(25(2)32-15-7-16-33(3)4)11-13-31(36)35-20-18-34(19-21-35)17-14-26-10-12-29-30(22-26)38-23-37-29/h5-6,8-13,22,32H,7,14-21,23H2,1-4H3/b13-11+,28-25-. The van der Waals surface area contributed by atoms with Crippen LogP contribution in [0.2, 0.25) is 0 Å². The van der Waals surface area contributed by atoms with Gasteiger partial charge in [0.05, 0.1) is 0 Å². The zero-order valence-corrected chi connectivity index (χ0v) is 23.3. The van der Waals surface area contributed by atoms with E-state index in [0.717, 1.165) is 87.0 Å². The monoisotopic (exact) mass is 518 g/mol. The van der Waals surface area contributed by atoms with Crippen molar-refractivity contribution in [2.45, 2.75) is 26.7 Å². The number of aryl methyl sites for hydroxylation is 1. The van der Waals surface area contributed by atoms with Gasteiger partial charge in [-0.2, -0.15) is 0 Å². The average molecular weight is 519 g/mol. The highest BCUT2D eigenvalue weighted by Crippen LogP contribution is 2.32. The second-order valence-corrected chi connectivity index (χ2v) is 10.4. The zero-order valence-electron chi connectivity index (χ0n) is 23.3. The van der Waals surface area contributed by atoms with Crippen LogP contribution in [0.3, 0.4) is 0 Å². The molecule has 2 aromatic carbocycles. The summed E-state index contributed by atoms with van der Waals surface area (Å²) in [5, 5.41) is 3.57. The fourth-order valence-corrected chi connectivity index (χ4v) is 4.89. The van der Waals surface area contributed by atoms with Crippen molar-refractivity contribution in [3.05, 3.63) is 77.0 Å². The summed E-state index contributed by atoms with van der Waals surface area (Å²) < 4.78 is 10.9. The number of ether oxygens (including phenoxy) is 2. The predicted octanol–water partition coefficient (Wildman–Crippen LogP) is 3.94. The lowest BCUT2D eigenvalue weighted by Gasteiger charge is -2.34. The summed E-state index contributed by atoms with van der Waals surface area (Å²) in [6.07, 6.45) is 5.75. The first-order valence-electron chi connectivity index (χ1n) is 13.6. The summed E-state index contributed by atoms with van der Waals surface area (Å²) in [6.45, 7) is 10.7. The fourth-order valence-electron chi connectivity index (χ4n) is 4.89. The van der Waals surface area contributed by atoms with Crippen LogP contribution in [0.5, 0.6) is 11.5 Å². The highest BCUT2D eigenvalue weighted by atomic mass is 16.7. The number of rotatable bonds is 11. The summed E-state index contributed by atoms with van der Waals surface area (Å²) in [5.74, 6) is 1.74. The normalized spacial score (nSPS) is 16.3. The highest BCUT2D eigenvalue weighted by Gasteiger charge is 2.20. The molecule has 7 heteroatoms. The lowest BCUT2D eigenvalue weighted by molar-refractivity contribution is -0.127. The van der Waals surface area contributed by atoms with E-state index in [1.807, 2.05) is 17.0 Å². The lowest BCUT2D eigenvalue weighted by Crippen LogP contribution is -2.48. The first kappa shape index (κ1) is 27.7. The Hall–Kier alpha value is -3.29. The van der Waals surface area contributed by atoms with Crippen LogP contribution in [0.25, 0.3) is 5.57 Å². The topological polar surface area (TPSA) is 57.3 Å². The van der Waals surface area contributed by atoms with E-state index < -0.39 is 0 Å². The van der Waals surface area contributed by atoms with Gasteiger partial charge in [0.15, 0.2) is 11.5 Å². The number of carbonyl (C=O) groups is 1. The molecule has 1 fully saturated rings. The molecule has 2 aliphatic heterocycles. The molecule has 0 atom stereocenters. The molecular weight excluding hydrogens is 476 g/mol. The molecule has 2 heterocycles. The van der Waals surface area contributed by atoms with Crippen molar-refractivity contribution < 1.29 is 14.3 Å². The van der Waals surface area contributed by atoms with Crippen molar-refractivity contribution in [1.29, 1.82) is 0 Å². The van der Waals surface area contributed by atoms with Crippen LogP contribution in [-0.4, -0.2) is 87.3 Å². The van der Waals surface area contributed by atoms with E-state index in [2.05, 4.69) is 79.5 Å². The maximum Gasteiger partial charge on any atom is 0.246 e. The van der Waals surface area contributed by atoms with Crippen LogP contribution in [0.4, 0.5) is 0 Å². The van der Waals surface area contributed by atoms with Crippen molar-refractivity contribution >= 4 is 11.5 Å². The molecule has 0 saturated carbocycles. The van der Waals surface area contributed by atoms with Crippen LogP contribution >= 0.6 is 0 Å². The Balaban J connectivity index is 1.31. The van der Waals surface area contributed by atoms with Gasteiger partial charge in [0, 0.05) is 56.6 Å². The molecule has 7 nitrogen and oxygen atoms in total. The number of allylic oxidation sites excluding steroid dienone is 3. The van der Waals surface area contributed by atoms with Gasteiger partial charge in [0.2, 0.25) is 12.7 Å². The Kier molecular flexibility index (Phi) is 9.85. The van der Waals surface area contributed by atoms with E-state index in [1.165, 1.54) is 11.1 Å². The van der Waals surface area contributed by atoms with E-state index in [0.29, 0.717) is 6.79 Å². The molecule has 204 valence electrons. The van der Waals surface area contributed by atoms with Gasteiger partial charge >= 0.3 is 0 Å². The second-order valence-electron chi connectivity index (χ2n) is 10.4. The number of nitrogens with one attached hydrogen (secondary N) is 1. The van der Waals surface area contributed by atoms with Crippen LogP contribution in [0, 0.1) is 6.92 Å². The summed E-state index contributed by atoms with van der Waals surface area (Å²) in [6, 6.07) is 14.5.